The van der Waals surface area contributed by atoms with Crippen molar-refractivity contribution in [2.75, 3.05) is 39.5 Å². The van der Waals surface area contributed by atoms with Gasteiger partial charge < -0.3 is 29.0 Å². The molecule has 0 saturated heterocycles. The van der Waals surface area contributed by atoms with Gasteiger partial charge in [-0.1, -0.05) is 24.3 Å². The molecule has 36 heavy (non-hydrogen) atoms. The number of hydrogen-bond donors (Lipinski definition) is 1. The van der Waals surface area contributed by atoms with Crippen LogP contribution in [-0.2, 0) is 32.0 Å². The van der Waals surface area contributed by atoms with Gasteiger partial charge in [-0.25, -0.2) is 14.0 Å². The van der Waals surface area contributed by atoms with Crippen molar-refractivity contribution in [3.63, 3.8) is 0 Å². The third-order valence-corrected chi connectivity index (χ3v) is 5.29. The summed E-state index contributed by atoms with van der Waals surface area (Å²) in [6, 6.07) is 13.4. The number of nitrogens with zero attached hydrogens (tertiary/aromatic N) is 1. The largest absolute Gasteiger partial charge is 0.492 e. The molecule has 198 valence electrons. The lowest BCUT2D eigenvalue weighted by molar-refractivity contribution is -0.149. The predicted molar refractivity (Wildman–Crippen MR) is 133 cm³/mol. The first-order valence-corrected chi connectivity index (χ1v) is 12.2. The van der Waals surface area contributed by atoms with E-state index in [2.05, 4.69) is 0 Å². The number of rotatable bonds is 17. The van der Waals surface area contributed by atoms with Crippen LogP contribution in [0.3, 0.4) is 0 Å². The summed E-state index contributed by atoms with van der Waals surface area (Å²) in [5.74, 6) is -0.638. The van der Waals surface area contributed by atoms with Gasteiger partial charge in [0.25, 0.3) is 0 Å². The Morgan fingerprint density at radius 3 is 2.25 bits per heavy atom. The van der Waals surface area contributed by atoms with Gasteiger partial charge in [-0.2, -0.15) is 0 Å². The zero-order chi connectivity index (χ0) is 26.2. The van der Waals surface area contributed by atoms with E-state index in [1.54, 1.807) is 55.1 Å². The Hall–Kier alpha value is -3.17. The molecule has 1 amide bonds. The van der Waals surface area contributed by atoms with Crippen LogP contribution in [0.25, 0.3) is 0 Å². The average Bonchev–Trinajstić information content (AvgIpc) is 2.86. The fourth-order valence-electron chi connectivity index (χ4n) is 3.41. The quantitative estimate of drug-likeness (QED) is 0.312. The summed E-state index contributed by atoms with van der Waals surface area (Å²) in [5, 5.41) is 9.22. The standard InChI is InChI=1S/C27H36FNO7/c1-3-34-25(26(30)31)19-21-9-13-24(14-10-21)36-18-16-29(27(32)35-4-2)15-5-6-17-33-20-22-7-11-23(28)12-8-22/h7-14,25H,3-6,15-20H2,1-2H3,(H,30,31). The highest BCUT2D eigenvalue weighted by Gasteiger charge is 2.18. The molecule has 8 nitrogen and oxygen atoms in total. The van der Waals surface area contributed by atoms with Gasteiger partial charge in [-0.05, 0) is 62.1 Å². The van der Waals surface area contributed by atoms with E-state index in [-0.39, 0.29) is 31.5 Å². The van der Waals surface area contributed by atoms with Crippen LogP contribution in [0.2, 0.25) is 0 Å². The second-order valence-corrected chi connectivity index (χ2v) is 8.05. The average molecular weight is 506 g/mol. The first kappa shape index (κ1) is 29.1. The second-order valence-electron chi connectivity index (χ2n) is 8.05. The van der Waals surface area contributed by atoms with Crippen molar-refractivity contribution in [2.45, 2.75) is 45.8 Å². The number of carbonyl (C=O) groups is 2. The van der Waals surface area contributed by atoms with Crippen LogP contribution in [-0.4, -0.2) is 67.7 Å². The molecule has 0 fully saturated rings. The van der Waals surface area contributed by atoms with Crippen molar-refractivity contribution in [1.29, 1.82) is 0 Å². The predicted octanol–water partition coefficient (Wildman–Crippen LogP) is 4.69. The lowest BCUT2D eigenvalue weighted by Crippen LogP contribution is -2.36. The Morgan fingerprint density at radius 1 is 0.917 bits per heavy atom. The minimum atomic E-state index is -0.990. The van der Waals surface area contributed by atoms with E-state index >= 15 is 0 Å². The molecule has 0 aliphatic carbocycles. The Bertz CT molecular complexity index is 905. The van der Waals surface area contributed by atoms with Gasteiger partial charge >= 0.3 is 12.1 Å². The number of aliphatic carboxylic acids is 1. The minimum Gasteiger partial charge on any atom is -0.492 e. The smallest absolute Gasteiger partial charge is 0.409 e. The highest BCUT2D eigenvalue weighted by atomic mass is 19.1. The number of amides is 1. The Kier molecular flexibility index (Phi) is 13.3. The lowest BCUT2D eigenvalue weighted by Gasteiger charge is -2.22. The Morgan fingerprint density at radius 2 is 1.61 bits per heavy atom. The summed E-state index contributed by atoms with van der Waals surface area (Å²) in [6.45, 7) is 6.25. The fraction of sp³-hybridized carbons (Fsp3) is 0.481. The first-order chi connectivity index (χ1) is 17.4. The highest BCUT2D eigenvalue weighted by Crippen LogP contribution is 2.15. The zero-order valence-corrected chi connectivity index (χ0v) is 21.0. The molecule has 1 unspecified atom stereocenters. The first-order valence-electron chi connectivity index (χ1n) is 12.2. The number of carboxylic acids is 1. The number of benzene rings is 2. The van der Waals surface area contributed by atoms with Crippen LogP contribution in [0, 0.1) is 5.82 Å². The molecule has 0 radical (unpaired) electrons. The molecule has 0 aliphatic heterocycles. The number of halogens is 1. The van der Waals surface area contributed by atoms with E-state index in [1.165, 1.54) is 12.1 Å². The van der Waals surface area contributed by atoms with Gasteiger partial charge in [-0.3, -0.25) is 0 Å². The second kappa shape index (κ2) is 16.5. The number of hydrogen-bond acceptors (Lipinski definition) is 6. The third kappa shape index (κ3) is 11.0. The molecule has 1 N–H and O–H groups in total. The van der Waals surface area contributed by atoms with Crippen LogP contribution in [0.4, 0.5) is 9.18 Å². The van der Waals surface area contributed by atoms with Gasteiger partial charge in [0.2, 0.25) is 0 Å². The van der Waals surface area contributed by atoms with Gasteiger partial charge in [0.1, 0.15) is 18.2 Å². The van der Waals surface area contributed by atoms with E-state index in [9.17, 15) is 19.1 Å². The summed E-state index contributed by atoms with van der Waals surface area (Å²) < 4.78 is 34.7. The Labute approximate surface area is 211 Å². The molecule has 2 rings (SSSR count). The van der Waals surface area contributed by atoms with Crippen LogP contribution in [0.5, 0.6) is 5.75 Å². The number of carbonyl (C=O) groups excluding carboxylic acids is 1. The molecule has 0 aliphatic rings. The molecule has 0 saturated carbocycles. The van der Waals surface area contributed by atoms with Crippen LogP contribution < -0.4 is 4.74 Å². The van der Waals surface area contributed by atoms with Gasteiger partial charge in [-0.15, -0.1) is 0 Å². The van der Waals surface area contributed by atoms with Gasteiger partial charge in [0.05, 0.1) is 19.8 Å². The lowest BCUT2D eigenvalue weighted by atomic mass is 10.1. The maximum absolute atomic E-state index is 12.9. The molecule has 2 aromatic carbocycles. The van der Waals surface area contributed by atoms with Crippen LogP contribution >= 0.6 is 0 Å². The monoisotopic (exact) mass is 505 g/mol. The number of ether oxygens (including phenoxy) is 4. The van der Waals surface area contributed by atoms with Crippen molar-refractivity contribution in [1.82, 2.24) is 4.90 Å². The molecule has 0 spiro atoms. The summed E-state index contributed by atoms with van der Waals surface area (Å²) in [5.41, 5.74) is 1.74. The summed E-state index contributed by atoms with van der Waals surface area (Å²) in [6.07, 6.45) is 0.501. The SMILES string of the molecule is CCOC(=O)N(CCCCOCc1ccc(F)cc1)CCOc1ccc(CC(OCC)C(=O)O)cc1. The fourth-order valence-corrected chi connectivity index (χ4v) is 3.41. The van der Waals surface area contributed by atoms with E-state index in [1.807, 2.05) is 0 Å². The third-order valence-electron chi connectivity index (χ3n) is 5.29. The summed E-state index contributed by atoms with van der Waals surface area (Å²) in [7, 11) is 0. The molecule has 0 aromatic heterocycles. The van der Waals surface area contributed by atoms with E-state index in [0.717, 1.165) is 24.0 Å². The maximum atomic E-state index is 12.9. The van der Waals surface area contributed by atoms with Crippen LogP contribution in [0.15, 0.2) is 48.5 Å². The van der Waals surface area contributed by atoms with E-state index in [0.29, 0.717) is 38.7 Å². The molecule has 0 bridgehead atoms. The molecule has 9 heteroatoms. The molecule has 1 atom stereocenters. The van der Waals surface area contributed by atoms with Crippen molar-refractivity contribution in [2.24, 2.45) is 0 Å². The minimum absolute atomic E-state index is 0.272. The van der Waals surface area contributed by atoms with Gasteiger partial charge in [0, 0.05) is 26.2 Å². The molecular formula is C27H36FNO7. The van der Waals surface area contributed by atoms with Crippen LogP contribution in [0.1, 0.15) is 37.8 Å². The molecule has 0 heterocycles. The zero-order valence-electron chi connectivity index (χ0n) is 21.0. The maximum Gasteiger partial charge on any atom is 0.409 e. The summed E-state index contributed by atoms with van der Waals surface area (Å²) >= 11 is 0. The highest BCUT2D eigenvalue weighted by molar-refractivity contribution is 5.72. The Balaban J connectivity index is 1.72. The normalized spacial score (nSPS) is 11.6. The van der Waals surface area contributed by atoms with Crippen molar-refractivity contribution in [3.8, 4) is 5.75 Å². The van der Waals surface area contributed by atoms with E-state index < -0.39 is 12.1 Å². The number of carboxylic acid groups (broad SMARTS) is 1. The molecule has 2 aromatic rings. The number of unbranched alkanes of at least 4 members (excludes halogenated alkanes) is 1. The molecular weight excluding hydrogens is 469 g/mol. The summed E-state index contributed by atoms with van der Waals surface area (Å²) in [4.78, 5) is 25.2. The topological polar surface area (TPSA) is 94.5 Å². The van der Waals surface area contributed by atoms with Gasteiger partial charge in [0.15, 0.2) is 6.10 Å². The van der Waals surface area contributed by atoms with Crippen molar-refractivity contribution < 1.29 is 38.0 Å². The van der Waals surface area contributed by atoms with Crippen molar-refractivity contribution >= 4 is 12.1 Å². The van der Waals surface area contributed by atoms with E-state index in [4.69, 9.17) is 18.9 Å². The van der Waals surface area contributed by atoms with Crippen molar-refractivity contribution in [3.05, 3.63) is 65.5 Å².